The number of furan rings is 1. The summed E-state index contributed by atoms with van der Waals surface area (Å²) in [4.78, 5) is 23.1. The molecule has 0 fully saturated rings. The Labute approximate surface area is 219 Å². The maximum atomic E-state index is 13.4. The van der Waals surface area contributed by atoms with Gasteiger partial charge in [0, 0.05) is 17.7 Å². The van der Waals surface area contributed by atoms with Gasteiger partial charge in [-0.05, 0) is 62.4 Å². The molecule has 0 aliphatic rings. The van der Waals surface area contributed by atoms with Crippen LogP contribution in [0.15, 0.2) is 99.3 Å². The average Bonchev–Trinajstić information content (AvgIpc) is 3.37. The molecule has 194 valence electrons. The maximum absolute atomic E-state index is 13.4. The number of rotatable bonds is 9. The number of hydrogen-bond donors (Lipinski definition) is 1. The number of hydrazone groups is 1. The van der Waals surface area contributed by atoms with Gasteiger partial charge in [0.15, 0.2) is 0 Å². The molecule has 38 heavy (non-hydrogen) atoms. The Morgan fingerprint density at radius 2 is 1.55 bits per heavy atom. The van der Waals surface area contributed by atoms with E-state index in [0.29, 0.717) is 22.8 Å². The second-order valence-corrected chi connectivity index (χ2v) is 10.3. The quantitative estimate of drug-likeness (QED) is 0.187. The standard InChI is InChI=1S/C27H24N4O6S/c1-19-3-9-22(10-4-19)30(38(35,36)25-14-5-20(2)6-15-25)18-27(32)29-28-17-24-13-16-26(37-24)21-7-11-23(12-8-21)31(33)34/h3-17H,18H2,1-2H3,(H,29,32)/b28-17-. The summed E-state index contributed by atoms with van der Waals surface area (Å²) in [6, 6.07) is 22.4. The molecule has 0 radical (unpaired) electrons. The lowest BCUT2D eigenvalue weighted by Crippen LogP contribution is -2.39. The summed E-state index contributed by atoms with van der Waals surface area (Å²) in [5, 5.41) is 14.7. The van der Waals surface area contributed by atoms with Crippen LogP contribution in [0, 0.1) is 24.0 Å². The van der Waals surface area contributed by atoms with Crippen molar-refractivity contribution in [1.82, 2.24) is 5.43 Å². The summed E-state index contributed by atoms with van der Waals surface area (Å²) in [5.74, 6) is 0.128. The number of nitrogens with zero attached hydrogens (tertiary/aromatic N) is 3. The summed E-state index contributed by atoms with van der Waals surface area (Å²) >= 11 is 0. The van der Waals surface area contributed by atoms with Gasteiger partial charge in [-0.25, -0.2) is 13.8 Å². The molecule has 0 saturated carbocycles. The van der Waals surface area contributed by atoms with E-state index in [2.05, 4.69) is 10.5 Å². The molecule has 1 aromatic heterocycles. The normalized spacial score (nSPS) is 11.4. The molecule has 10 nitrogen and oxygen atoms in total. The van der Waals surface area contributed by atoms with Crippen molar-refractivity contribution in [3.05, 3.63) is 112 Å². The van der Waals surface area contributed by atoms with E-state index in [9.17, 15) is 23.3 Å². The fraction of sp³-hybridized carbons (Fsp3) is 0.111. The predicted octanol–water partition coefficient (Wildman–Crippen LogP) is 4.82. The molecule has 0 saturated heterocycles. The smallest absolute Gasteiger partial charge is 0.269 e. The Morgan fingerprint density at radius 1 is 0.947 bits per heavy atom. The van der Waals surface area contributed by atoms with Crippen molar-refractivity contribution in [1.29, 1.82) is 0 Å². The third-order valence-electron chi connectivity index (χ3n) is 5.59. The maximum Gasteiger partial charge on any atom is 0.269 e. The first-order chi connectivity index (χ1) is 18.1. The number of nitrogens with one attached hydrogen (secondary N) is 1. The van der Waals surface area contributed by atoms with E-state index in [1.54, 1.807) is 60.7 Å². The number of non-ortho nitro benzene ring substituents is 1. The fourth-order valence-electron chi connectivity index (χ4n) is 3.52. The topological polar surface area (TPSA) is 135 Å². The van der Waals surface area contributed by atoms with Crippen molar-refractivity contribution in [3.8, 4) is 11.3 Å². The van der Waals surface area contributed by atoms with Crippen LogP contribution >= 0.6 is 0 Å². The van der Waals surface area contributed by atoms with Gasteiger partial charge in [-0.2, -0.15) is 5.10 Å². The number of nitro groups is 1. The monoisotopic (exact) mass is 532 g/mol. The molecule has 4 aromatic rings. The van der Waals surface area contributed by atoms with Crippen LogP contribution in [-0.2, 0) is 14.8 Å². The van der Waals surface area contributed by atoms with Crippen molar-refractivity contribution in [3.63, 3.8) is 0 Å². The van der Waals surface area contributed by atoms with E-state index in [1.807, 2.05) is 13.8 Å². The van der Waals surface area contributed by atoms with Gasteiger partial charge in [-0.15, -0.1) is 0 Å². The minimum Gasteiger partial charge on any atom is -0.455 e. The molecule has 3 aromatic carbocycles. The number of benzene rings is 3. The predicted molar refractivity (Wildman–Crippen MR) is 143 cm³/mol. The van der Waals surface area contributed by atoms with E-state index in [1.165, 1.54) is 30.5 Å². The van der Waals surface area contributed by atoms with Crippen LogP contribution in [0.5, 0.6) is 0 Å². The highest BCUT2D eigenvalue weighted by atomic mass is 32.2. The number of sulfonamides is 1. The van der Waals surface area contributed by atoms with Gasteiger partial charge in [-0.1, -0.05) is 35.4 Å². The number of hydrogen-bond acceptors (Lipinski definition) is 7. The molecule has 1 amide bonds. The van der Waals surface area contributed by atoms with Crippen LogP contribution in [0.1, 0.15) is 16.9 Å². The number of carbonyl (C=O) groups is 1. The van der Waals surface area contributed by atoms with E-state index < -0.39 is 27.4 Å². The van der Waals surface area contributed by atoms with Crippen LogP contribution in [0.4, 0.5) is 11.4 Å². The van der Waals surface area contributed by atoms with Crippen molar-refractivity contribution in [2.75, 3.05) is 10.8 Å². The Bertz CT molecular complexity index is 1580. The summed E-state index contributed by atoms with van der Waals surface area (Å²) in [6.45, 7) is 3.24. The highest BCUT2D eigenvalue weighted by Gasteiger charge is 2.27. The minimum atomic E-state index is -4.03. The van der Waals surface area contributed by atoms with Crippen molar-refractivity contribution < 1.29 is 22.6 Å². The molecular formula is C27H24N4O6S. The van der Waals surface area contributed by atoms with Gasteiger partial charge in [-0.3, -0.25) is 19.2 Å². The molecule has 0 aliphatic carbocycles. The van der Waals surface area contributed by atoms with Gasteiger partial charge in [0.1, 0.15) is 18.1 Å². The number of nitro benzene ring substituents is 1. The van der Waals surface area contributed by atoms with E-state index in [0.717, 1.165) is 15.4 Å². The second kappa shape index (κ2) is 11.1. The van der Waals surface area contributed by atoms with Crippen molar-refractivity contribution >= 4 is 33.5 Å². The molecule has 1 N–H and O–H groups in total. The number of amides is 1. The molecule has 0 unspecified atom stereocenters. The fourth-order valence-corrected chi connectivity index (χ4v) is 4.94. The zero-order valence-corrected chi connectivity index (χ0v) is 21.4. The van der Waals surface area contributed by atoms with Gasteiger partial charge >= 0.3 is 0 Å². The highest BCUT2D eigenvalue weighted by Crippen LogP contribution is 2.25. The molecular weight excluding hydrogens is 508 g/mol. The highest BCUT2D eigenvalue weighted by molar-refractivity contribution is 7.92. The van der Waals surface area contributed by atoms with Crippen LogP contribution in [0.3, 0.4) is 0 Å². The largest absolute Gasteiger partial charge is 0.455 e. The molecule has 4 rings (SSSR count). The first-order valence-corrected chi connectivity index (χ1v) is 12.9. The van der Waals surface area contributed by atoms with Crippen LogP contribution in [0.2, 0.25) is 0 Å². The second-order valence-electron chi connectivity index (χ2n) is 8.46. The average molecular weight is 533 g/mol. The van der Waals surface area contributed by atoms with Crippen molar-refractivity contribution in [2.24, 2.45) is 5.10 Å². The summed E-state index contributed by atoms with van der Waals surface area (Å²) in [7, 11) is -4.03. The minimum absolute atomic E-state index is 0.0334. The van der Waals surface area contributed by atoms with E-state index in [4.69, 9.17) is 4.42 Å². The molecule has 11 heteroatoms. The van der Waals surface area contributed by atoms with Gasteiger partial charge in [0.25, 0.3) is 21.6 Å². The Morgan fingerprint density at radius 3 is 2.16 bits per heavy atom. The zero-order chi connectivity index (χ0) is 27.3. The molecule has 1 heterocycles. The summed E-state index contributed by atoms with van der Waals surface area (Å²) < 4.78 is 33.5. The number of carbonyl (C=O) groups excluding carboxylic acids is 1. The van der Waals surface area contributed by atoms with Gasteiger partial charge in [0.05, 0.1) is 21.7 Å². The lowest BCUT2D eigenvalue weighted by molar-refractivity contribution is -0.384. The van der Waals surface area contributed by atoms with Gasteiger partial charge < -0.3 is 4.42 Å². The van der Waals surface area contributed by atoms with E-state index in [-0.39, 0.29) is 10.6 Å². The van der Waals surface area contributed by atoms with Crippen molar-refractivity contribution in [2.45, 2.75) is 18.7 Å². The first-order valence-electron chi connectivity index (χ1n) is 11.5. The van der Waals surface area contributed by atoms with Crippen LogP contribution in [-0.4, -0.2) is 32.0 Å². The first kappa shape index (κ1) is 26.3. The molecule has 0 spiro atoms. The Balaban J connectivity index is 1.47. The number of aryl methyl sites for hydroxylation is 2. The lowest BCUT2D eigenvalue weighted by Gasteiger charge is -2.24. The Hall–Kier alpha value is -4.77. The lowest BCUT2D eigenvalue weighted by atomic mass is 10.1. The molecule has 0 bridgehead atoms. The zero-order valence-electron chi connectivity index (χ0n) is 20.6. The summed E-state index contributed by atoms with van der Waals surface area (Å²) in [6.07, 6.45) is 1.28. The SMILES string of the molecule is Cc1ccc(N(CC(=O)N/N=C\c2ccc(-c3ccc([N+](=O)[O-])cc3)o2)S(=O)(=O)c2ccc(C)cc2)cc1. The van der Waals surface area contributed by atoms with Gasteiger partial charge in [0.2, 0.25) is 0 Å². The van der Waals surface area contributed by atoms with Crippen LogP contribution in [0.25, 0.3) is 11.3 Å². The van der Waals surface area contributed by atoms with E-state index >= 15 is 0 Å². The Kier molecular flexibility index (Phi) is 7.68. The summed E-state index contributed by atoms with van der Waals surface area (Å²) in [5.41, 5.74) is 5.13. The molecule has 0 atom stereocenters. The molecule has 0 aliphatic heterocycles. The van der Waals surface area contributed by atoms with Crippen LogP contribution < -0.4 is 9.73 Å². The third kappa shape index (κ3) is 6.13. The number of anilines is 1. The third-order valence-corrected chi connectivity index (χ3v) is 7.38.